The van der Waals surface area contributed by atoms with Gasteiger partial charge in [0.15, 0.2) is 8.03 Å². The number of aromatic nitrogens is 2. The van der Waals surface area contributed by atoms with Crippen LogP contribution in [0.5, 0.6) is 5.88 Å². The fourth-order valence-corrected chi connectivity index (χ4v) is 3.83. The standard InChI is InChI=1S/C23H25N4O5P/c1-2-17(33(31)32)13-25-23(30)20-24-14-18(22(29)27-20)21(28)26-19(15-9-5-3-6-10-15)16-11-7-4-8-12-16/h3-12,14,17,19,33H,2,13H2,1H3,(H,25,30)(H,26,28)(H,31,32)(H,24,27,29). The molecule has 10 heteroatoms. The highest BCUT2D eigenvalue weighted by atomic mass is 31.1. The minimum absolute atomic E-state index is 0.0220. The average Bonchev–Trinajstić information content (AvgIpc) is 2.83. The normalized spacial score (nSPS) is 12.7. The van der Waals surface area contributed by atoms with Crippen molar-refractivity contribution >= 4 is 19.8 Å². The number of benzene rings is 2. The Kier molecular flexibility index (Phi) is 8.29. The molecule has 2 atom stereocenters. The van der Waals surface area contributed by atoms with Crippen molar-refractivity contribution < 1.29 is 24.2 Å². The van der Waals surface area contributed by atoms with Crippen molar-refractivity contribution in [2.75, 3.05) is 6.54 Å². The largest absolute Gasteiger partial charge is 0.493 e. The van der Waals surface area contributed by atoms with Crippen molar-refractivity contribution in [3.63, 3.8) is 0 Å². The number of rotatable bonds is 9. The van der Waals surface area contributed by atoms with Crippen molar-refractivity contribution in [2.45, 2.75) is 25.0 Å². The van der Waals surface area contributed by atoms with Crippen LogP contribution in [0.2, 0.25) is 0 Å². The Morgan fingerprint density at radius 3 is 2.06 bits per heavy atom. The van der Waals surface area contributed by atoms with Crippen LogP contribution >= 0.6 is 8.03 Å². The number of nitrogens with one attached hydrogen (secondary N) is 2. The summed E-state index contributed by atoms with van der Waals surface area (Å²) in [4.78, 5) is 42.0. The van der Waals surface area contributed by atoms with E-state index >= 15 is 0 Å². The lowest BCUT2D eigenvalue weighted by Gasteiger charge is -2.20. The van der Waals surface area contributed by atoms with Crippen molar-refractivity contribution in [3.8, 4) is 5.88 Å². The van der Waals surface area contributed by atoms with Crippen LogP contribution in [0.15, 0.2) is 66.9 Å². The number of nitrogens with zero attached hydrogens (tertiary/aromatic N) is 2. The van der Waals surface area contributed by atoms with Gasteiger partial charge in [-0.3, -0.25) is 14.2 Å². The lowest BCUT2D eigenvalue weighted by molar-refractivity contribution is 0.0923. The first kappa shape index (κ1) is 24.1. The molecule has 0 radical (unpaired) electrons. The maximum atomic E-state index is 12.9. The van der Waals surface area contributed by atoms with Gasteiger partial charge < -0.3 is 20.6 Å². The van der Waals surface area contributed by atoms with Crippen LogP contribution in [-0.2, 0) is 4.57 Å². The highest BCUT2D eigenvalue weighted by Gasteiger charge is 2.22. The molecule has 0 aliphatic heterocycles. The SMILES string of the molecule is CCC(CNC(=O)c1ncc(C(=O)NC(c2ccccc2)c2ccccc2)c(O)n1)[PH](=O)O. The monoisotopic (exact) mass is 468 g/mol. The van der Waals surface area contributed by atoms with E-state index in [1.165, 1.54) is 0 Å². The minimum atomic E-state index is -2.79. The fraction of sp³-hybridized carbons (Fsp3) is 0.217. The van der Waals surface area contributed by atoms with Crippen LogP contribution in [0.1, 0.15) is 51.5 Å². The summed E-state index contributed by atoms with van der Waals surface area (Å²) in [5.74, 6) is -2.32. The number of amides is 2. The molecule has 2 aromatic carbocycles. The van der Waals surface area contributed by atoms with Crippen LogP contribution in [0.3, 0.4) is 0 Å². The number of aromatic hydroxyl groups is 1. The van der Waals surface area contributed by atoms with Crippen molar-refractivity contribution in [1.82, 2.24) is 20.6 Å². The van der Waals surface area contributed by atoms with Gasteiger partial charge in [0.2, 0.25) is 11.7 Å². The quantitative estimate of drug-likeness (QED) is 0.354. The first-order valence-electron chi connectivity index (χ1n) is 10.4. The van der Waals surface area contributed by atoms with E-state index < -0.39 is 37.4 Å². The Morgan fingerprint density at radius 2 is 1.58 bits per heavy atom. The molecule has 172 valence electrons. The first-order valence-corrected chi connectivity index (χ1v) is 11.8. The van der Waals surface area contributed by atoms with Gasteiger partial charge in [-0.1, -0.05) is 67.6 Å². The maximum absolute atomic E-state index is 12.9. The molecule has 0 saturated heterocycles. The van der Waals surface area contributed by atoms with Gasteiger partial charge in [-0.15, -0.1) is 0 Å². The van der Waals surface area contributed by atoms with Crippen LogP contribution in [0, 0.1) is 0 Å². The summed E-state index contributed by atoms with van der Waals surface area (Å²) in [6.07, 6.45) is 1.50. The molecule has 0 fully saturated rings. The second-order valence-electron chi connectivity index (χ2n) is 7.31. The molecular formula is C23H25N4O5P. The van der Waals surface area contributed by atoms with Gasteiger partial charge in [-0.2, -0.15) is 4.98 Å². The molecule has 0 bridgehead atoms. The summed E-state index contributed by atoms with van der Waals surface area (Å²) in [6, 6.07) is 18.2. The topological polar surface area (TPSA) is 142 Å². The fourth-order valence-electron chi connectivity index (χ4n) is 3.20. The molecule has 0 saturated carbocycles. The highest BCUT2D eigenvalue weighted by molar-refractivity contribution is 7.38. The zero-order valence-corrected chi connectivity index (χ0v) is 18.9. The lowest BCUT2D eigenvalue weighted by atomic mass is 9.98. The predicted molar refractivity (Wildman–Crippen MR) is 124 cm³/mol. The number of hydrogen-bond acceptors (Lipinski definition) is 6. The van der Waals surface area contributed by atoms with E-state index in [4.69, 9.17) is 0 Å². The number of hydrogen-bond donors (Lipinski definition) is 4. The summed E-state index contributed by atoms with van der Waals surface area (Å²) in [6.45, 7) is 1.72. The summed E-state index contributed by atoms with van der Waals surface area (Å²) in [5, 5.41) is 15.6. The number of carbonyl (C=O) groups is 2. The van der Waals surface area contributed by atoms with Crippen LogP contribution < -0.4 is 10.6 Å². The van der Waals surface area contributed by atoms with Gasteiger partial charge in [0.1, 0.15) is 5.56 Å². The van der Waals surface area contributed by atoms with Crippen LogP contribution in [-0.4, -0.2) is 44.0 Å². The van der Waals surface area contributed by atoms with E-state index in [0.29, 0.717) is 6.42 Å². The third-order valence-electron chi connectivity index (χ3n) is 5.11. The Hall–Kier alpha value is -3.55. The molecule has 2 amide bonds. The zero-order valence-electron chi connectivity index (χ0n) is 17.9. The molecule has 0 aliphatic rings. The van der Waals surface area contributed by atoms with E-state index in [0.717, 1.165) is 17.3 Å². The molecule has 1 aromatic heterocycles. The van der Waals surface area contributed by atoms with E-state index in [1.54, 1.807) is 6.92 Å². The molecule has 1 heterocycles. The summed E-state index contributed by atoms with van der Waals surface area (Å²) < 4.78 is 11.3. The lowest BCUT2D eigenvalue weighted by Crippen LogP contribution is -2.32. The summed E-state index contributed by atoms with van der Waals surface area (Å²) >= 11 is 0. The van der Waals surface area contributed by atoms with E-state index in [2.05, 4.69) is 20.6 Å². The van der Waals surface area contributed by atoms with Crippen LogP contribution in [0.25, 0.3) is 0 Å². The van der Waals surface area contributed by atoms with E-state index in [-0.39, 0.29) is 17.9 Å². The zero-order chi connectivity index (χ0) is 23.8. The van der Waals surface area contributed by atoms with Gasteiger partial charge in [0.05, 0.1) is 11.7 Å². The minimum Gasteiger partial charge on any atom is -0.493 e. The third-order valence-corrected chi connectivity index (χ3v) is 6.42. The van der Waals surface area contributed by atoms with E-state index in [9.17, 15) is 24.2 Å². The molecule has 2 unspecified atom stereocenters. The highest BCUT2D eigenvalue weighted by Crippen LogP contribution is 2.25. The Morgan fingerprint density at radius 1 is 1.00 bits per heavy atom. The first-order chi connectivity index (χ1) is 15.9. The second kappa shape index (κ2) is 11.4. The molecule has 0 spiro atoms. The molecule has 33 heavy (non-hydrogen) atoms. The van der Waals surface area contributed by atoms with Crippen molar-refractivity contribution in [2.24, 2.45) is 0 Å². The van der Waals surface area contributed by atoms with Gasteiger partial charge in [-0.05, 0) is 17.5 Å². The predicted octanol–water partition coefficient (Wildman–Crippen LogP) is 2.68. The van der Waals surface area contributed by atoms with E-state index in [1.807, 2.05) is 60.7 Å². The summed E-state index contributed by atoms with van der Waals surface area (Å²) in [7, 11) is -2.79. The Bertz CT molecular complexity index is 1090. The number of carbonyl (C=O) groups excluding carboxylic acids is 2. The summed E-state index contributed by atoms with van der Waals surface area (Å²) in [5.41, 5.74) is 0.949. The second-order valence-corrected chi connectivity index (χ2v) is 8.81. The van der Waals surface area contributed by atoms with Crippen molar-refractivity contribution in [3.05, 3.63) is 89.4 Å². The van der Waals surface area contributed by atoms with Gasteiger partial charge in [0.25, 0.3) is 11.8 Å². The molecule has 3 aromatic rings. The molecular weight excluding hydrogens is 443 g/mol. The van der Waals surface area contributed by atoms with Gasteiger partial charge >= 0.3 is 0 Å². The third kappa shape index (κ3) is 6.25. The van der Waals surface area contributed by atoms with Gasteiger partial charge in [-0.25, -0.2) is 4.98 Å². The Labute approximate surface area is 191 Å². The van der Waals surface area contributed by atoms with Crippen molar-refractivity contribution in [1.29, 1.82) is 0 Å². The maximum Gasteiger partial charge on any atom is 0.289 e. The molecule has 4 N–H and O–H groups in total. The average molecular weight is 468 g/mol. The molecule has 0 aliphatic carbocycles. The Balaban J connectivity index is 1.76. The molecule has 3 rings (SSSR count). The van der Waals surface area contributed by atoms with Crippen LogP contribution in [0.4, 0.5) is 0 Å². The molecule has 9 nitrogen and oxygen atoms in total. The van der Waals surface area contributed by atoms with Gasteiger partial charge in [0, 0.05) is 12.7 Å². The smallest absolute Gasteiger partial charge is 0.289 e.